The molecule has 1 saturated heterocycles. The Labute approximate surface area is 30.4 Å². The standard InChI is InChI=1S/C3H5O2/c4-3-1-2-5-3/h3H,1-2H2/q-1. The largest absolute Gasteiger partial charge is 0.831 e. The van der Waals surface area contributed by atoms with Crippen molar-refractivity contribution >= 4 is 0 Å². The van der Waals surface area contributed by atoms with Gasteiger partial charge in [0, 0.05) is 6.61 Å². The van der Waals surface area contributed by atoms with E-state index in [9.17, 15) is 5.11 Å². The van der Waals surface area contributed by atoms with E-state index in [1.807, 2.05) is 0 Å². The molecule has 0 bridgehead atoms. The van der Waals surface area contributed by atoms with E-state index in [0.717, 1.165) is 0 Å². The van der Waals surface area contributed by atoms with Gasteiger partial charge < -0.3 is 9.84 Å². The summed E-state index contributed by atoms with van der Waals surface area (Å²) in [5.74, 6) is 0. The second-order valence-corrected chi connectivity index (χ2v) is 1.09. The predicted octanol–water partition coefficient (Wildman–Crippen LogP) is -0.907. The second kappa shape index (κ2) is 0.954. The van der Waals surface area contributed by atoms with Gasteiger partial charge in [-0.2, -0.15) is 0 Å². The van der Waals surface area contributed by atoms with Crippen LogP contribution < -0.4 is 5.11 Å². The van der Waals surface area contributed by atoms with Crippen LogP contribution in [0.2, 0.25) is 0 Å². The van der Waals surface area contributed by atoms with Crippen LogP contribution in [0.5, 0.6) is 0 Å². The van der Waals surface area contributed by atoms with Gasteiger partial charge in [0.05, 0.1) is 0 Å². The van der Waals surface area contributed by atoms with Crippen LogP contribution in [0.25, 0.3) is 0 Å². The quantitative estimate of drug-likeness (QED) is 0.372. The van der Waals surface area contributed by atoms with Crippen LogP contribution in [-0.4, -0.2) is 12.9 Å². The van der Waals surface area contributed by atoms with Crippen molar-refractivity contribution in [1.29, 1.82) is 0 Å². The summed E-state index contributed by atoms with van der Waals surface area (Å²) in [5, 5.41) is 9.76. The van der Waals surface area contributed by atoms with Gasteiger partial charge in [-0.05, 0) is 12.7 Å². The maximum Gasteiger partial charge on any atom is 0.0462 e. The Bertz CT molecular complexity index is 31.9. The summed E-state index contributed by atoms with van der Waals surface area (Å²) in [7, 11) is 0. The summed E-state index contributed by atoms with van der Waals surface area (Å²) >= 11 is 0. The molecule has 0 saturated carbocycles. The van der Waals surface area contributed by atoms with E-state index in [-0.39, 0.29) is 0 Å². The van der Waals surface area contributed by atoms with E-state index in [2.05, 4.69) is 4.74 Å². The van der Waals surface area contributed by atoms with E-state index >= 15 is 0 Å². The first kappa shape index (κ1) is 3.12. The van der Waals surface area contributed by atoms with Gasteiger partial charge in [-0.15, -0.1) is 0 Å². The number of hydrogen-bond acceptors (Lipinski definition) is 2. The van der Waals surface area contributed by atoms with Crippen molar-refractivity contribution in [2.75, 3.05) is 6.61 Å². The second-order valence-electron chi connectivity index (χ2n) is 1.09. The molecule has 0 aromatic heterocycles. The molecule has 30 valence electrons. The highest BCUT2D eigenvalue weighted by Crippen LogP contribution is 2.01. The summed E-state index contributed by atoms with van der Waals surface area (Å²) in [6.45, 7) is 0.675. The molecule has 1 heterocycles. The zero-order valence-corrected chi connectivity index (χ0v) is 2.81. The van der Waals surface area contributed by atoms with Crippen molar-refractivity contribution in [3.8, 4) is 0 Å². The van der Waals surface area contributed by atoms with Crippen LogP contribution >= 0.6 is 0 Å². The lowest BCUT2D eigenvalue weighted by Crippen LogP contribution is -2.38. The number of rotatable bonds is 0. The predicted molar refractivity (Wildman–Crippen MR) is 14.4 cm³/mol. The minimum Gasteiger partial charge on any atom is -0.831 e. The van der Waals surface area contributed by atoms with Crippen LogP contribution in [0.4, 0.5) is 0 Å². The molecule has 5 heavy (non-hydrogen) atoms. The molecule has 1 rings (SSSR count). The van der Waals surface area contributed by atoms with E-state index < -0.39 is 6.29 Å². The smallest absolute Gasteiger partial charge is 0.0462 e. The monoisotopic (exact) mass is 73.0 g/mol. The first-order chi connectivity index (χ1) is 2.39. The fraction of sp³-hybridized carbons (Fsp3) is 1.00. The first-order valence-electron chi connectivity index (χ1n) is 1.67. The molecule has 1 atom stereocenters. The molecule has 1 unspecified atom stereocenters. The van der Waals surface area contributed by atoms with Crippen molar-refractivity contribution < 1.29 is 9.84 Å². The zero-order chi connectivity index (χ0) is 3.70. The fourth-order valence-corrected chi connectivity index (χ4v) is 0.214. The molecular formula is C3H5O2-. The van der Waals surface area contributed by atoms with Crippen molar-refractivity contribution in [2.24, 2.45) is 0 Å². The average Bonchev–Trinajstić information content (AvgIpc) is 1.30. The van der Waals surface area contributed by atoms with Crippen molar-refractivity contribution in [3.63, 3.8) is 0 Å². The fourth-order valence-electron chi connectivity index (χ4n) is 0.214. The Balaban J connectivity index is 2.08. The van der Waals surface area contributed by atoms with Crippen molar-refractivity contribution in [1.82, 2.24) is 0 Å². The van der Waals surface area contributed by atoms with E-state index in [1.54, 1.807) is 0 Å². The van der Waals surface area contributed by atoms with Crippen LogP contribution in [0.1, 0.15) is 6.42 Å². The van der Waals surface area contributed by atoms with Crippen LogP contribution in [0, 0.1) is 0 Å². The van der Waals surface area contributed by atoms with Gasteiger partial charge in [0.15, 0.2) is 0 Å². The van der Waals surface area contributed by atoms with Crippen molar-refractivity contribution in [3.05, 3.63) is 0 Å². The number of hydrogen-bond donors (Lipinski definition) is 0. The molecular weight excluding hydrogens is 68.0 g/mol. The minimum absolute atomic E-state index is 0.675. The third kappa shape index (κ3) is 0.412. The highest BCUT2D eigenvalue weighted by molar-refractivity contribution is 4.47. The molecule has 0 N–H and O–H groups in total. The van der Waals surface area contributed by atoms with E-state index in [4.69, 9.17) is 0 Å². The Morgan fingerprint density at radius 2 is 2.20 bits per heavy atom. The molecule has 1 aliphatic rings. The van der Waals surface area contributed by atoms with Crippen LogP contribution in [0.15, 0.2) is 0 Å². The molecule has 1 aliphatic heterocycles. The SMILES string of the molecule is [O-]C1CCO1. The lowest BCUT2D eigenvalue weighted by molar-refractivity contribution is -0.522. The van der Waals surface area contributed by atoms with Gasteiger partial charge in [-0.1, -0.05) is 0 Å². The summed E-state index contributed by atoms with van der Waals surface area (Å²) in [6.07, 6.45) is 0.0231. The van der Waals surface area contributed by atoms with Gasteiger partial charge >= 0.3 is 0 Å². The Kier molecular flexibility index (Phi) is 0.596. The lowest BCUT2D eigenvalue weighted by atomic mass is 10.4. The zero-order valence-electron chi connectivity index (χ0n) is 2.81. The molecule has 0 aromatic carbocycles. The number of ether oxygens (including phenoxy) is 1. The first-order valence-corrected chi connectivity index (χ1v) is 1.67. The Morgan fingerprint density at radius 1 is 1.80 bits per heavy atom. The topological polar surface area (TPSA) is 32.3 Å². The summed E-state index contributed by atoms with van der Waals surface area (Å²) in [4.78, 5) is 0. The average molecular weight is 73.1 g/mol. The molecule has 0 spiro atoms. The molecule has 2 heteroatoms. The summed E-state index contributed by atoms with van der Waals surface area (Å²) in [6, 6.07) is 0. The van der Waals surface area contributed by atoms with Gasteiger partial charge in [-0.25, -0.2) is 0 Å². The van der Waals surface area contributed by atoms with Gasteiger partial charge in [0.25, 0.3) is 0 Å². The molecule has 0 radical (unpaired) electrons. The molecule has 0 aliphatic carbocycles. The van der Waals surface area contributed by atoms with Crippen LogP contribution in [-0.2, 0) is 4.74 Å². The maximum absolute atomic E-state index is 9.76. The molecule has 0 aromatic rings. The molecule has 2 nitrogen and oxygen atoms in total. The Morgan fingerprint density at radius 3 is 2.20 bits per heavy atom. The van der Waals surface area contributed by atoms with Gasteiger partial charge in [0.1, 0.15) is 0 Å². The summed E-state index contributed by atoms with van der Waals surface area (Å²) < 4.78 is 4.38. The highest BCUT2D eigenvalue weighted by atomic mass is 16.6. The van der Waals surface area contributed by atoms with Gasteiger partial charge in [0.2, 0.25) is 0 Å². The maximum atomic E-state index is 9.76. The lowest BCUT2D eigenvalue weighted by Gasteiger charge is -2.31. The third-order valence-corrected chi connectivity index (χ3v) is 0.657. The molecule has 0 amide bonds. The Hall–Kier alpha value is -0.0800. The molecule has 1 fully saturated rings. The van der Waals surface area contributed by atoms with E-state index in [0.29, 0.717) is 13.0 Å². The van der Waals surface area contributed by atoms with E-state index in [1.165, 1.54) is 0 Å². The highest BCUT2D eigenvalue weighted by Gasteiger charge is 2.02. The summed E-state index contributed by atoms with van der Waals surface area (Å²) in [5.41, 5.74) is 0. The van der Waals surface area contributed by atoms with Crippen LogP contribution in [0.3, 0.4) is 0 Å². The van der Waals surface area contributed by atoms with Gasteiger partial charge in [-0.3, -0.25) is 0 Å². The normalized spacial score (nSPS) is 36.6. The minimum atomic E-state index is -0.685. The van der Waals surface area contributed by atoms with Crippen molar-refractivity contribution in [2.45, 2.75) is 12.7 Å². The third-order valence-electron chi connectivity index (χ3n) is 0.657.